The number of rotatable bonds is 6. The van der Waals surface area contributed by atoms with Crippen LogP contribution in [0.3, 0.4) is 0 Å². The number of benzene rings is 1. The summed E-state index contributed by atoms with van der Waals surface area (Å²) in [5, 5.41) is 3.09. The van der Waals surface area contributed by atoms with Crippen LogP contribution >= 0.6 is 0 Å². The molecule has 25 heavy (non-hydrogen) atoms. The van der Waals surface area contributed by atoms with Crippen LogP contribution in [0, 0.1) is 19.8 Å². The maximum Gasteiger partial charge on any atom is 0.243 e. The zero-order valence-electron chi connectivity index (χ0n) is 15.7. The number of hydrogen-bond acceptors (Lipinski definition) is 3. The van der Waals surface area contributed by atoms with Gasteiger partial charge in [-0.1, -0.05) is 26.0 Å². The van der Waals surface area contributed by atoms with Crippen LogP contribution in [0.4, 0.5) is 0 Å². The minimum absolute atomic E-state index is 0.0525. The fourth-order valence-corrected chi connectivity index (χ4v) is 5.12. The van der Waals surface area contributed by atoms with Gasteiger partial charge in [-0.25, -0.2) is 8.42 Å². The highest BCUT2D eigenvalue weighted by Gasteiger charge is 2.31. The number of carbonyl (C=O) groups is 1. The van der Waals surface area contributed by atoms with E-state index in [1.807, 2.05) is 39.8 Å². The first kappa shape index (κ1) is 19.9. The predicted octanol–water partition coefficient (Wildman–Crippen LogP) is 3.01. The summed E-state index contributed by atoms with van der Waals surface area (Å²) in [7, 11) is -3.47. The fraction of sp³-hybridized carbons (Fsp3) is 0.632. The Morgan fingerprint density at radius 2 is 1.80 bits per heavy atom. The summed E-state index contributed by atoms with van der Waals surface area (Å²) in [6.45, 7) is 8.67. The molecule has 0 saturated carbocycles. The van der Waals surface area contributed by atoms with E-state index in [-0.39, 0.29) is 17.9 Å². The summed E-state index contributed by atoms with van der Waals surface area (Å²) < 4.78 is 27.4. The van der Waals surface area contributed by atoms with Gasteiger partial charge in [0.2, 0.25) is 15.9 Å². The van der Waals surface area contributed by atoms with Crippen molar-refractivity contribution in [2.45, 2.75) is 64.3 Å². The van der Waals surface area contributed by atoms with Crippen LogP contribution in [0.1, 0.15) is 50.7 Å². The molecule has 0 unspecified atom stereocenters. The first-order chi connectivity index (χ1) is 11.8. The number of piperidine rings is 1. The second-order valence-corrected chi connectivity index (χ2v) is 8.88. The van der Waals surface area contributed by atoms with Crippen molar-refractivity contribution < 1.29 is 13.2 Å². The molecule has 1 aromatic carbocycles. The summed E-state index contributed by atoms with van der Waals surface area (Å²) in [6.07, 6.45) is 3.00. The fourth-order valence-electron chi connectivity index (χ4n) is 3.34. The summed E-state index contributed by atoms with van der Waals surface area (Å²) in [5.74, 6) is 0.151. The molecule has 1 amide bonds. The molecule has 0 aliphatic carbocycles. The normalized spacial score (nSPS) is 17.0. The van der Waals surface area contributed by atoms with E-state index in [1.165, 1.54) is 0 Å². The molecular weight excluding hydrogens is 336 g/mol. The number of nitrogens with zero attached hydrogens (tertiary/aromatic N) is 1. The Balaban J connectivity index is 2.02. The largest absolute Gasteiger partial charge is 0.353 e. The number of nitrogens with one attached hydrogen (secondary N) is 1. The van der Waals surface area contributed by atoms with Crippen LogP contribution in [0.2, 0.25) is 0 Å². The molecule has 2 rings (SSSR count). The van der Waals surface area contributed by atoms with E-state index in [0.29, 0.717) is 30.8 Å². The third-order valence-electron chi connectivity index (χ3n) is 5.12. The molecule has 0 bridgehead atoms. The molecule has 5 nitrogen and oxygen atoms in total. The van der Waals surface area contributed by atoms with Crippen LogP contribution < -0.4 is 5.32 Å². The highest BCUT2D eigenvalue weighted by Crippen LogP contribution is 2.24. The first-order valence-corrected chi connectivity index (χ1v) is 10.6. The van der Waals surface area contributed by atoms with Gasteiger partial charge >= 0.3 is 0 Å². The van der Waals surface area contributed by atoms with E-state index < -0.39 is 10.0 Å². The Morgan fingerprint density at radius 3 is 2.36 bits per heavy atom. The summed E-state index contributed by atoms with van der Waals surface area (Å²) in [5.41, 5.74) is 1.71. The Morgan fingerprint density at radius 1 is 1.20 bits per heavy atom. The predicted molar refractivity (Wildman–Crippen MR) is 99.9 cm³/mol. The third-order valence-corrected chi connectivity index (χ3v) is 7.16. The third kappa shape index (κ3) is 4.61. The van der Waals surface area contributed by atoms with Gasteiger partial charge in [-0.2, -0.15) is 4.31 Å². The van der Waals surface area contributed by atoms with Gasteiger partial charge < -0.3 is 5.32 Å². The quantitative estimate of drug-likeness (QED) is 0.841. The lowest BCUT2D eigenvalue weighted by Crippen LogP contribution is -2.47. The molecule has 0 aromatic heterocycles. The van der Waals surface area contributed by atoms with Crippen LogP contribution in [0.25, 0.3) is 0 Å². The average Bonchev–Trinajstić information content (AvgIpc) is 2.58. The average molecular weight is 367 g/mol. The second-order valence-electron chi connectivity index (χ2n) is 6.97. The number of carbonyl (C=O) groups excluding carboxylic acids is 1. The van der Waals surface area contributed by atoms with E-state index in [0.717, 1.165) is 24.0 Å². The topological polar surface area (TPSA) is 66.5 Å². The number of sulfonamides is 1. The Bertz CT molecular complexity index is 703. The Kier molecular flexibility index (Phi) is 6.63. The zero-order chi connectivity index (χ0) is 18.6. The van der Waals surface area contributed by atoms with Gasteiger partial charge in [-0.3, -0.25) is 4.79 Å². The van der Waals surface area contributed by atoms with Crippen molar-refractivity contribution >= 4 is 15.9 Å². The van der Waals surface area contributed by atoms with Crippen LogP contribution in [0.5, 0.6) is 0 Å². The molecule has 1 aliphatic rings. The number of aryl methyl sites for hydroxylation is 2. The van der Waals surface area contributed by atoms with Crippen LogP contribution in [0.15, 0.2) is 23.1 Å². The van der Waals surface area contributed by atoms with Gasteiger partial charge in [0, 0.05) is 25.0 Å². The molecule has 0 radical (unpaired) electrons. The standard InChI is InChI=1S/C19H30N2O3S/c1-5-16(6-2)19(22)20-17-9-11-21(12-10-17)25(23,24)18-13-14(3)7-8-15(18)4/h7-8,13,16-17H,5-6,9-12H2,1-4H3,(H,20,22). The lowest BCUT2D eigenvalue weighted by Gasteiger charge is -2.32. The number of hydrogen-bond donors (Lipinski definition) is 1. The molecule has 1 saturated heterocycles. The van der Waals surface area contributed by atoms with E-state index >= 15 is 0 Å². The van der Waals surface area contributed by atoms with Gasteiger partial charge in [0.25, 0.3) is 0 Å². The smallest absolute Gasteiger partial charge is 0.243 e. The van der Waals surface area contributed by atoms with Crippen molar-refractivity contribution in [3.8, 4) is 0 Å². The van der Waals surface area contributed by atoms with Crippen molar-refractivity contribution in [3.63, 3.8) is 0 Å². The highest BCUT2D eigenvalue weighted by atomic mass is 32.2. The highest BCUT2D eigenvalue weighted by molar-refractivity contribution is 7.89. The lowest BCUT2D eigenvalue weighted by molar-refractivity contribution is -0.126. The zero-order valence-corrected chi connectivity index (χ0v) is 16.5. The SMILES string of the molecule is CCC(CC)C(=O)NC1CCN(S(=O)(=O)c2cc(C)ccc2C)CC1. The molecule has 0 atom stereocenters. The van der Waals surface area contributed by atoms with Crippen molar-refractivity contribution in [3.05, 3.63) is 29.3 Å². The minimum Gasteiger partial charge on any atom is -0.353 e. The molecule has 140 valence electrons. The number of amides is 1. The first-order valence-electron chi connectivity index (χ1n) is 9.17. The van der Waals surface area contributed by atoms with Crippen LogP contribution in [-0.2, 0) is 14.8 Å². The Hall–Kier alpha value is -1.40. The monoisotopic (exact) mass is 366 g/mol. The van der Waals surface area contributed by atoms with Crippen molar-refractivity contribution in [1.29, 1.82) is 0 Å². The summed E-state index contributed by atoms with van der Waals surface area (Å²) >= 11 is 0. The van der Waals surface area contributed by atoms with Gasteiger partial charge in [-0.15, -0.1) is 0 Å². The molecule has 1 heterocycles. The molecule has 1 aliphatic heterocycles. The molecule has 0 spiro atoms. The van der Waals surface area contributed by atoms with Crippen molar-refractivity contribution in [1.82, 2.24) is 9.62 Å². The van der Waals surface area contributed by atoms with Crippen molar-refractivity contribution in [2.75, 3.05) is 13.1 Å². The maximum absolute atomic E-state index is 12.9. The maximum atomic E-state index is 12.9. The van der Waals surface area contributed by atoms with Gasteiger partial charge in [0.05, 0.1) is 4.90 Å². The van der Waals surface area contributed by atoms with Gasteiger partial charge in [0.1, 0.15) is 0 Å². The second kappa shape index (κ2) is 8.32. The molecule has 1 aromatic rings. The van der Waals surface area contributed by atoms with Crippen LogP contribution in [-0.4, -0.2) is 37.8 Å². The summed E-state index contributed by atoms with van der Waals surface area (Å²) in [6, 6.07) is 5.59. The Labute approximate surface area is 151 Å². The van der Waals surface area contributed by atoms with Crippen molar-refractivity contribution in [2.24, 2.45) is 5.92 Å². The van der Waals surface area contributed by atoms with Gasteiger partial charge in [-0.05, 0) is 56.7 Å². The molecular formula is C19H30N2O3S. The van der Waals surface area contributed by atoms with E-state index in [9.17, 15) is 13.2 Å². The van der Waals surface area contributed by atoms with Gasteiger partial charge in [0.15, 0.2) is 0 Å². The molecule has 6 heteroatoms. The summed E-state index contributed by atoms with van der Waals surface area (Å²) in [4.78, 5) is 12.6. The van der Waals surface area contributed by atoms with E-state index in [4.69, 9.17) is 0 Å². The van der Waals surface area contributed by atoms with E-state index in [2.05, 4.69) is 5.32 Å². The lowest BCUT2D eigenvalue weighted by atomic mass is 10.0. The minimum atomic E-state index is -3.47. The molecule has 1 N–H and O–H groups in total. The van der Waals surface area contributed by atoms with E-state index in [1.54, 1.807) is 10.4 Å². The molecule has 1 fully saturated rings.